The molecule has 0 aliphatic carbocycles. The molecule has 0 spiro atoms. The van der Waals surface area contributed by atoms with Crippen molar-refractivity contribution >= 4 is 21.7 Å². The number of phenolic OH excluding ortho intramolecular Hbond substituents is 1. The van der Waals surface area contributed by atoms with E-state index in [1.165, 1.54) is 42.5 Å². The van der Waals surface area contributed by atoms with Gasteiger partial charge in [-0.25, -0.2) is 13.2 Å². The third kappa shape index (κ3) is 3.07. The number of hydrogen-bond donors (Lipinski definition) is 3. The van der Waals surface area contributed by atoms with Gasteiger partial charge in [-0.2, -0.15) is 0 Å². The highest BCUT2D eigenvalue weighted by Gasteiger charge is 2.16. The molecule has 0 amide bonds. The zero-order valence-electron chi connectivity index (χ0n) is 10.1. The van der Waals surface area contributed by atoms with Crippen LogP contribution in [-0.2, 0) is 10.0 Å². The molecule has 0 saturated carbocycles. The quantitative estimate of drug-likeness (QED) is 0.747. The summed E-state index contributed by atoms with van der Waals surface area (Å²) in [5.41, 5.74) is 0.155. The maximum Gasteiger partial charge on any atom is 0.335 e. The van der Waals surface area contributed by atoms with Crippen molar-refractivity contribution in [1.82, 2.24) is 0 Å². The van der Waals surface area contributed by atoms with Crippen LogP contribution in [-0.4, -0.2) is 24.6 Å². The number of hydrogen-bond acceptors (Lipinski definition) is 4. The van der Waals surface area contributed by atoms with Crippen LogP contribution < -0.4 is 4.72 Å². The molecule has 2 aromatic carbocycles. The lowest BCUT2D eigenvalue weighted by Crippen LogP contribution is -2.13. The fourth-order valence-electron chi connectivity index (χ4n) is 1.54. The van der Waals surface area contributed by atoms with E-state index >= 15 is 0 Å². The second-order valence-electron chi connectivity index (χ2n) is 3.99. The van der Waals surface area contributed by atoms with Crippen molar-refractivity contribution in [2.75, 3.05) is 4.72 Å². The van der Waals surface area contributed by atoms with Crippen LogP contribution in [0.3, 0.4) is 0 Å². The summed E-state index contributed by atoms with van der Waals surface area (Å²) in [4.78, 5) is 10.7. The molecular weight excluding hydrogens is 282 g/mol. The Bertz CT molecular complexity index is 738. The van der Waals surface area contributed by atoms with Crippen molar-refractivity contribution in [3.05, 3.63) is 54.1 Å². The second kappa shape index (κ2) is 5.22. The number of aromatic hydroxyl groups is 1. The summed E-state index contributed by atoms with van der Waals surface area (Å²) in [7, 11) is -3.88. The first-order valence-electron chi connectivity index (χ1n) is 5.54. The topological polar surface area (TPSA) is 104 Å². The monoisotopic (exact) mass is 293 g/mol. The van der Waals surface area contributed by atoms with Gasteiger partial charge in [0.1, 0.15) is 5.75 Å². The van der Waals surface area contributed by atoms with Gasteiger partial charge < -0.3 is 10.2 Å². The van der Waals surface area contributed by atoms with E-state index in [1.54, 1.807) is 0 Å². The van der Waals surface area contributed by atoms with Crippen molar-refractivity contribution in [2.24, 2.45) is 0 Å². The Morgan fingerprint density at radius 2 is 1.70 bits per heavy atom. The molecular formula is C13H11NO5S. The maximum absolute atomic E-state index is 12.1. The fraction of sp³-hybridized carbons (Fsp3) is 0. The standard InChI is InChI=1S/C13H11NO5S/c15-11-6-4-10(5-7-11)14-20(18,19)12-3-1-2-9(8-12)13(16)17/h1-8,14-15H,(H,16,17). The molecule has 20 heavy (non-hydrogen) atoms. The van der Waals surface area contributed by atoms with Crippen LogP contribution in [0, 0.1) is 0 Å². The van der Waals surface area contributed by atoms with Gasteiger partial charge in [-0.05, 0) is 42.5 Å². The minimum atomic E-state index is -3.88. The summed E-state index contributed by atoms with van der Waals surface area (Å²) in [6, 6.07) is 10.5. The first kappa shape index (κ1) is 13.9. The minimum Gasteiger partial charge on any atom is -0.508 e. The molecule has 0 atom stereocenters. The van der Waals surface area contributed by atoms with Gasteiger partial charge in [-0.15, -0.1) is 0 Å². The minimum absolute atomic E-state index is 0.0147. The maximum atomic E-state index is 12.1. The number of carboxylic acids is 1. The lowest BCUT2D eigenvalue weighted by Gasteiger charge is -2.08. The Labute approximate surface area is 115 Å². The highest BCUT2D eigenvalue weighted by atomic mass is 32.2. The molecule has 6 nitrogen and oxygen atoms in total. The number of sulfonamides is 1. The zero-order chi connectivity index (χ0) is 14.8. The van der Waals surface area contributed by atoms with Gasteiger partial charge in [0, 0.05) is 5.69 Å². The molecule has 0 saturated heterocycles. The predicted octanol–water partition coefficient (Wildman–Crippen LogP) is 1.89. The number of phenols is 1. The number of benzene rings is 2. The van der Waals surface area contributed by atoms with Crippen LogP contribution in [0.4, 0.5) is 5.69 Å². The van der Waals surface area contributed by atoms with E-state index in [2.05, 4.69) is 4.72 Å². The van der Waals surface area contributed by atoms with Crippen LogP contribution in [0.25, 0.3) is 0 Å². The van der Waals surface area contributed by atoms with Gasteiger partial charge in [0.15, 0.2) is 0 Å². The third-order valence-corrected chi connectivity index (χ3v) is 3.89. The van der Waals surface area contributed by atoms with E-state index in [9.17, 15) is 13.2 Å². The van der Waals surface area contributed by atoms with Crippen molar-refractivity contribution in [3.63, 3.8) is 0 Å². The van der Waals surface area contributed by atoms with Crippen LogP contribution >= 0.6 is 0 Å². The molecule has 3 N–H and O–H groups in total. The Balaban J connectivity index is 2.33. The Morgan fingerprint density at radius 1 is 1.05 bits per heavy atom. The van der Waals surface area contributed by atoms with E-state index in [4.69, 9.17) is 10.2 Å². The van der Waals surface area contributed by atoms with E-state index in [0.717, 1.165) is 6.07 Å². The fourth-order valence-corrected chi connectivity index (χ4v) is 2.64. The normalized spacial score (nSPS) is 11.0. The van der Waals surface area contributed by atoms with Gasteiger partial charge in [0.2, 0.25) is 0 Å². The molecule has 0 unspecified atom stereocenters. The third-order valence-electron chi connectivity index (χ3n) is 2.51. The number of aromatic carboxylic acids is 1. The van der Waals surface area contributed by atoms with Crippen molar-refractivity contribution in [1.29, 1.82) is 0 Å². The smallest absolute Gasteiger partial charge is 0.335 e. The predicted molar refractivity (Wildman–Crippen MR) is 72.3 cm³/mol. The Kier molecular flexibility index (Phi) is 3.62. The van der Waals surface area contributed by atoms with Crippen LogP contribution in [0.2, 0.25) is 0 Å². The zero-order valence-corrected chi connectivity index (χ0v) is 11.0. The van der Waals surface area contributed by atoms with Crippen molar-refractivity contribution < 1.29 is 23.4 Å². The van der Waals surface area contributed by atoms with Gasteiger partial charge in [-0.1, -0.05) is 6.07 Å². The molecule has 0 aliphatic heterocycles. The van der Waals surface area contributed by atoms with E-state index in [-0.39, 0.29) is 21.9 Å². The highest BCUT2D eigenvalue weighted by molar-refractivity contribution is 7.92. The SMILES string of the molecule is O=C(O)c1cccc(S(=O)(=O)Nc2ccc(O)cc2)c1. The first-order chi connectivity index (χ1) is 9.38. The average molecular weight is 293 g/mol. The Morgan fingerprint density at radius 3 is 2.30 bits per heavy atom. The molecule has 104 valence electrons. The molecule has 0 fully saturated rings. The number of carbonyl (C=O) groups is 1. The van der Waals surface area contributed by atoms with E-state index < -0.39 is 16.0 Å². The van der Waals surface area contributed by atoms with Crippen LogP contribution in [0.5, 0.6) is 5.75 Å². The van der Waals surface area contributed by atoms with E-state index in [0.29, 0.717) is 0 Å². The molecule has 2 rings (SSSR count). The molecule has 2 aromatic rings. The summed E-state index contributed by atoms with van der Waals surface area (Å²) in [6.45, 7) is 0. The number of anilines is 1. The Hall–Kier alpha value is -2.54. The van der Waals surface area contributed by atoms with Gasteiger partial charge >= 0.3 is 5.97 Å². The molecule has 7 heteroatoms. The molecule has 0 radical (unpaired) electrons. The molecule has 0 aromatic heterocycles. The van der Waals surface area contributed by atoms with Crippen molar-refractivity contribution in [3.8, 4) is 5.75 Å². The van der Waals surface area contributed by atoms with E-state index in [1.807, 2.05) is 0 Å². The highest BCUT2D eigenvalue weighted by Crippen LogP contribution is 2.19. The van der Waals surface area contributed by atoms with Gasteiger partial charge in [0.05, 0.1) is 10.5 Å². The second-order valence-corrected chi connectivity index (χ2v) is 5.67. The van der Waals surface area contributed by atoms with Crippen LogP contribution in [0.15, 0.2) is 53.4 Å². The lowest BCUT2D eigenvalue weighted by atomic mass is 10.2. The summed E-state index contributed by atoms with van der Waals surface area (Å²) < 4.78 is 26.5. The first-order valence-corrected chi connectivity index (χ1v) is 7.02. The molecule has 0 heterocycles. The molecule has 0 aliphatic rings. The van der Waals surface area contributed by atoms with Crippen LogP contribution in [0.1, 0.15) is 10.4 Å². The number of rotatable bonds is 4. The number of carboxylic acid groups (broad SMARTS) is 1. The summed E-state index contributed by atoms with van der Waals surface area (Å²) >= 11 is 0. The van der Waals surface area contributed by atoms with Gasteiger partial charge in [0.25, 0.3) is 10.0 Å². The summed E-state index contributed by atoms with van der Waals surface area (Å²) in [5.74, 6) is -1.19. The van der Waals surface area contributed by atoms with Gasteiger partial charge in [-0.3, -0.25) is 4.72 Å². The average Bonchev–Trinajstić information content (AvgIpc) is 2.41. The van der Waals surface area contributed by atoms with Crippen molar-refractivity contribution in [2.45, 2.75) is 4.90 Å². The lowest BCUT2D eigenvalue weighted by molar-refractivity contribution is 0.0696. The summed E-state index contributed by atoms with van der Waals surface area (Å²) in [5, 5.41) is 18.0. The number of nitrogens with one attached hydrogen (secondary N) is 1. The largest absolute Gasteiger partial charge is 0.508 e. The molecule has 0 bridgehead atoms. The summed E-state index contributed by atoms with van der Waals surface area (Å²) in [6.07, 6.45) is 0.